The number of carbonyl (C=O) groups is 2. The average Bonchev–Trinajstić information content (AvgIpc) is 2.43. The zero-order valence-electron chi connectivity index (χ0n) is 11.1. The summed E-state index contributed by atoms with van der Waals surface area (Å²) in [6.45, 7) is 0.473. The fraction of sp³-hybridized carbons (Fsp3) is 0.286. The molecule has 0 aromatic heterocycles. The van der Waals surface area contributed by atoms with Gasteiger partial charge in [0.05, 0.1) is 7.11 Å². The van der Waals surface area contributed by atoms with Crippen LogP contribution < -0.4 is 15.4 Å². The summed E-state index contributed by atoms with van der Waals surface area (Å²) in [7, 11) is 1.37. The van der Waals surface area contributed by atoms with Crippen LogP contribution in [0.3, 0.4) is 0 Å². The Morgan fingerprint density at radius 2 is 2.20 bits per heavy atom. The van der Waals surface area contributed by atoms with Crippen LogP contribution in [-0.4, -0.2) is 30.8 Å². The zero-order chi connectivity index (χ0) is 15.0. The number of ether oxygens (including phenoxy) is 1. The van der Waals surface area contributed by atoms with Crippen molar-refractivity contribution in [1.82, 2.24) is 5.32 Å². The number of anilines is 1. The number of urea groups is 1. The van der Waals surface area contributed by atoms with Gasteiger partial charge in [0.25, 0.3) is 0 Å². The first-order chi connectivity index (χ1) is 9.58. The predicted molar refractivity (Wildman–Crippen MR) is 75.0 cm³/mol. The van der Waals surface area contributed by atoms with Crippen LogP contribution in [0.15, 0.2) is 18.2 Å². The van der Waals surface area contributed by atoms with Crippen LogP contribution in [0.1, 0.15) is 23.2 Å². The van der Waals surface area contributed by atoms with Crippen molar-refractivity contribution in [1.29, 1.82) is 0 Å². The highest BCUT2D eigenvalue weighted by Crippen LogP contribution is 2.23. The Labute approximate surface area is 117 Å². The number of unbranched alkanes of at least 4 members (excludes halogenated alkanes) is 1. The fourth-order valence-corrected chi connectivity index (χ4v) is 1.51. The fourth-order valence-electron chi connectivity index (χ4n) is 1.51. The van der Waals surface area contributed by atoms with E-state index >= 15 is 0 Å². The molecule has 1 aromatic carbocycles. The molecule has 6 nitrogen and oxygen atoms in total. The number of aromatic carboxylic acids is 1. The van der Waals surface area contributed by atoms with Crippen molar-refractivity contribution in [3.63, 3.8) is 0 Å². The normalized spacial score (nSPS) is 9.40. The number of nitrogens with one attached hydrogen (secondary N) is 2. The maximum Gasteiger partial charge on any atom is 0.339 e. The lowest BCUT2D eigenvalue weighted by Gasteiger charge is -2.10. The Kier molecular flexibility index (Phi) is 5.91. The number of benzene rings is 1. The summed E-state index contributed by atoms with van der Waals surface area (Å²) in [6.07, 6.45) is 6.40. The maximum absolute atomic E-state index is 11.6. The van der Waals surface area contributed by atoms with Crippen LogP contribution in [0.25, 0.3) is 0 Å². The van der Waals surface area contributed by atoms with Gasteiger partial charge in [-0.05, 0) is 18.6 Å². The minimum Gasteiger partial charge on any atom is -0.496 e. The van der Waals surface area contributed by atoms with Gasteiger partial charge in [-0.3, -0.25) is 0 Å². The second kappa shape index (κ2) is 7.69. The smallest absolute Gasteiger partial charge is 0.339 e. The summed E-state index contributed by atoms with van der Waals surface area (Å²) in [5.74, 6) is 1.57. The number of hydrogen-bond donors (Lipinski definition) is 3. The van der Waals surface area contributed by atoms with Gasteiger partial charge in [0.2, 0.25) is 0 Å². The molecule has 106 valence electrons. The van der Waals surface area contributed by atoms with E-state index in [1.807, 2.05) is 0 Å². The molecule has 0 spiro atoms. The van der Waals surface area contributed by atoms with Crippen molar-refractivity contribution in [2.45, 2.75) is 12.8 Å². The summed E-state index contributed by atoms with van der Waals surface area (Å²) < 4.78 is 4.97. The van der Waals surface area contributed by atoms with Gasteiger partial charge >= 0.3 is 12.0 Å². The largest absolute Gasteiger partial charge is 0.496 e. The molecule has 0 bridgehead atoms. The number of methoxy groups -OCH3 is 1. The van der Waals surface area contributed by atoms with E-state index in [9.17, 15) is 9.59 Å². The Bertz CT molecular complexity index is 534. The zero-order valence-corrected chi connectivity index (χ0v) is 11.1. The van der Waals surface area contributed by atoms with Crippen LogP contribution in [0.5, 0.6) is 5.75 Å². The quantitative estimate of drug-likeness (QED) is 0.547. The van der Waals surface area contributed by atoms with E-state index < -0.39 is 5.97 Å². The Morgan fingerprint density at radius 3 is 2.80 bits per heavy atom. The lowest BCUT2D eigenvalue weighted by atomic mass is 10.2. The number of carbonyl (C=O) groups excluding carboxylic acids is 1. The highest BCUT2D eigenvalue weighted by molar-refractivity contribution is 5.94. The third-order valence-electron chi connectivity index (χ3n) is 2.47. The topological polar surface area (TPSA) is 87.7 Å². The summed E-state index contributed by atoms with van der Waals surface area (Å²) in [4.78, 5) is 22.5. The summed E-state index contributed by atoms with van der Waals surface area (Å²) in [5.41, 5.74) is 0.480. The van der Waals surface area contributed by atoms with Crippen molar-refractivity contribution in [2.75, 3.05) is 19.0 Å². The van der Waals surface area contributed by atoms with E-state index in [0.717, 1.165) is 0 Å². The van der Waals surface area contributed by atoms with Gasteiger partial charge in [-0.25, -0.2) is 9.59 Å². The highest BCUT2D eigenvalue weighted by Gasteiger charge is 2.12. The molecular formula is C14H16N2O4. The predicted octanol–water partition coefficient (Wildman–Crippen LogP) is 1.93. The van der Waals surface area contributed by atoms with E-state index in [2.05, 4.69) is 16.6 Å². The SMILES string of the molecule is C#CCCCNC(=O)Nc1ccc(C(=O)O)c(OC)c1. The van der Waals surface area contributed by atoms with Crippen LogP contribution in [0, 0.1) is 12.3 Å². The molecule has 0 aliphatic rings. The first kappa shape index (κ1) is 15.4. The summed E-state index contributed by atoms with van der Waals surface area (Å²) in [5, 5.41) is 14.2. The van der Waals surface area contributed by atoms with Gasteiger partial charge in [0.1, 0.15) is 11.3 Å². The number of amides is 2. The Hall–Kier alpha value is -2.68. The molecule has 2 amide bonds. The van der Waals surface area contributed by atoms with Gasteiger partial charge in [-0.15, -0.1) is 12.3 Å². The molecule has 0 saturated carbocycles. The van der Waals surface area contributed by atoms with Gasteiger partial charge in [-0.1, -0.05) is 0 Å². The standard InChI is InChI=1S/C14H16N2O4/c1-3-4-5-8-15-14(19)16-10-6-7-11(13(17)18)12(9-10)20-2/h1,6-7,9H,4-5,8H2,2H3,(H,17,18)(H2,15,16,19). The van der Waals surface area contributed by atoms with Gasteiger partial charge in [0.15, 0.2) is 0 Å². The van der Waals surface area contributed by atoms with Crippen LogP contribution in [0.4, 0.5) is 10.5 Å². The number of terminal acetylenes is 1. The van der Waals surface area contributed by atoms with Crippen LogP contribution in [0.2, 0.25) is 0 Å². The molecule has 3 N–H and O–H groups in total. The molecule has 0 aliphatic carbocycles. The Balaban J connectivity index is 2.62. The second-order valence-corrected chi connectivity index (χ2v) is 3.91. The summed E-state index contributed by atoms with van der Waals surface area (Å²) in [6, 6.07) is 3.93. The molecule has 0 saturated heterocycles. The summed E-state index contributed by atoms with van der Waals surface area (Å²) >= 11 is 0. The third kappa shape index (κ3) is 4.53. The maximum atomic E-state index is 11.6. The van der Waals surface area contributed by atoms with Crippen molar-refractivity contribution < 1.29 is 19.4 Å². The van der Waals surface area contributed by atoms with Crippen molar-refractivity contribution in [3.8, 4) is 18.1 Å². The van der Waals surface area contributed by atoms with Gasteiger partial charge < -0.3 is 20.5 Å². The molecule has 6 heteroatoms. The molecule has 0 fully saturated rings. The number of rotatable bonds is 6. The minimum atomic E-state index is -1.09. The molecule has 0 radical (unpaired) electrons. The van der Waals surface area contributed by atoms with Crippen LogP contribution >= 0.6 is 0 Å². The first-order valence-corrected chi connectivity index (χ1v) is 5.98. The molecular weight excluding hydrogens is 260 g/mol. The van der Waals surface area contributed by atoms with Crippen molar-refractivity contribution >= 4 is 17.7 Å². The minimum absolute atomic E-state index is 0.0347. The Morgan fingerprint density at radius 1 is 1.45 bits per heavy atom. The molecule has 0 unspecified atom stereocenters. The lowest BCUT2D eigenvalue weighted by Crippen LogP contribution is -2.29. The molecule has 1 aromatic rings. The first-order valence-electron chi connectivity index (χ1n) is 5.98. The number of hydrogen-bond acceptors (Lipinski definition) is 3. The van der Waals surface area contributed by atoms with Crippen molar-refractivity contribution in [3.05, 3.63) is 23.8 Å². The molecule has 0 heterocycles. The second-order valence-electron chi connectivity index (χ2n) is 3.91. The molecule has 0 atom stereocenters. The van der Waals surface area contributed by atoms with E-state index in [-0.39, 0.29) is 17.3 Å². The molecule has 1 rings (SSSR count). The highest BCUT2D eigenvalue weighted by atomic mass is 16.5. The van der Waals surface area contributed by atoms with E-state index in [1.165, 1.54) is 25.3 Å². The number of carboxylic acids is 1. The van der Waals surface area contributed by atoms with Gasteiger partial charge in [-0.2, -0.15) is 0 Å². The van der Waals surface area contributed by atoms with E-state index in [0.29, 0.717) is 25.1 Å². The lowest BCUT2D eigenvalue weighted by molar-refractivity contribution is 0.0693. The van der Waals surface area contributed by atoms with Crippen molar-refractivity contribution in [2.24, 2.45) is 0 Å². The third-order valence-corrected chi connectivity index (χ3v) is 2.47. The average molecular weight is 276 g/mol. The van der Waals surface area contributed by atoms with Crippen LogP contribution in [-0.2, 0) is 0 Å². The van der Waals surface area contributed by atoms with Gasteiger partial charge in [0, 0.05) is 24.7 Å². The van der Waals surface area contributed by atoms with E-state index in [4.69, 9.17) is 16.3 Å². The van der Waals surface area contributed by atoms with E-state index in [1.54, 1.807) is 0 Å². The monoisotopic (exact) mass is 276 g/mol. The number of carboxylic acid groups (broad SMARTS) is 1. The molecule has 0 aliphatic heterocycles. The molecule has 20 heavy (non-hydrogen) atoms.